The molecule has 0 aliphatic heterocycles. The van der Waals surface area contributed by atoms with Crippen molar-refractivity contribution in [3.63, 3.8) is 0 Å². The van der Waals surface area contributed by atoms with Gasteiger partial charge in [-0.25, -0.2) is 4.39 Å². The first kappa shape index (κ1) is 14.3. The zero-order chi connectivity index (χ0) is 14.4. The molecule has 0 atom stereocenters. The third-order valence-electron chi connectivity index (χ3n) is 3.25. The molecule has 0 aromatic heterocycles. The van der Waals surface area contributed by atoms with Crippen LogP contribution in [0.1, 0.15) is 22.8 Å². The molecule has 1 amide bonds. The Morgan fingerprint density at radius 2 is 1.85 bits per heavy atom. The van der Waals surface area contributed by atoms with Crippen molar-refractivity contribution in [2.45, 2.75) is 13.3 Å². The number of halogens is 1. The number of benzene rings is 2. The summed E-state index contributed by atoms with van der Waals surface area (Å²) in [7, 11) is 0. The van der Waals surface area contributed by atoms with Gasteiger partial charge in [-0.05, 0) is 37.1 Å². The molecule has 0 aliphatic rings. The molecule has 0 fully saturated rings. The maximum atomic E-state index is 13.2. The van der Waals surface area contributed by atoms with Crippen LogP contribution in [0, 0.1) is 5.82 Å². The van der Waals surface area contributed by atoms with Crippen LogP contribution < -0.4 is 0 Å². The maximum Gasteiger partial charge on any atom is 0.253 e. The summed E-state index contributed by atoms with van der Waals surface area (Å²) in [5, 5.41) is 0. The molecule has 2 aromatic rings. The van der Waals surface area contributed by atoms with E-state index in [0.29, 0.717) is 18.7 Å². The number of carbonyl (C=O) groups is 1. The van der Waals surface area contributed by atoms with Gasteiger partial charge in [-0.15, -0.1) is 0 Å². The smallest absolute Gasteiger partial charge is 0.253 e. The Morgan fingerprint density at radius 3 is 2.50 bits per heavy atom. The molecule has 104 valence electrons. The standard InChI is InChI=1S/C17H18FNO/c1-2-19(12-11-14-7-4-3-5-8-14)17(20)15-9-6-10-16(18)13-15/h3-10,13H,2,11-12H2,1H3. The van der Waals surface area contributed by atoms with E-state index >= 15 is 0 Å². The van der Waals surface area contributed by atoms with E-state index < -0.39 is 0 Å². The lowest BCUT2D eigenvalue weighted by Gasteiger charge is -2.21. The van der Waals surface area contributed by atoms with E-state index in [2.05, 4.69) is 0 Å². The first-order valence-electron chi connectivity index (χ1n) is 6.79. The average molecular weight is 271 g/mol. The van der Waals surface area contributed by atoms with Crippen molar-refractivity contribution in [3.8, 4) is 0 Å². The van der Waals surface area contributed by atoms with Crippen molar-refractivity contribution in [2.75, 3.05) is 13.1 Å². The Balaban J connectivity index is 2.03. The second kappa shape index (κ2) is 6.85. The van der Waals surface area contributed by atoms with Crippen molar-refractivity contribution >= 4 is 5.91 Å². The van der Waals surface area contributed by atoms with Crippen LogP contribution in [-0.2, 0) is 6.42 Å². The van der Waals surface area contributed by atoms with Crippen molar-refractivity contribution in [3.05, 3.63) is 71.5 Å². The number of hydrogen-bond donors (Lipinski definition) is 0. The van der Waals surface area contributed by atoms with Crippen molar-refractivity contribution in [2.24, 2.45) is 0 Å². The molecule has 2 nitrogen and oxygen atoms in total. The molecule has 0 radical (unpaired) electrons. The van der Waals surface area contributed by atoms with E-state index in [0.717, 1.165) is 6.42 Å². The quantitative estimate of drug-likeness (QED) is 0.814. The summed E-state index contributed by atoms with van der Waals surface area (Å²) in [4.78, 5) is 14.0. The summed E-state index contributed by atoms with van der Waals surface area (Å²) in [6.07, 6.45) is 0.801. The van der Waals surface area contributed by atoms with Crippen LogP contribution in [0.15, 0.2) is 54.6 Å². The molecule has 0 heterocycles. The number of rotatable bonds is 5. The van der Waals surface area contributed by atoms with Crippen molar-refractivity contribution < 1.29 is 9.18 Å². The van der Waals surface area contributed by atoms with Gasteiger partial charge < -0.3 is 4.90 Å². The highest BCUT2D eigenvalue weighted by Gasteiger charge is 2.14. The SMILES string of the molecule is CCN(CCc1ccccc1)C(=O)c1cccc(F)c1. The highest BCUT2D eigenvalue weighted by molar-refractivity contribution is 5.94. The average Bonchev–Trinajstić information content (AvgIpc) is 2.48. The first-order chi connectivity index (χ1) is 9.70. The van der Waals surface area contributed by atoms with Gasteiger partial charge in [0, 0.05) is 18.7 Å². The van der Waals surface area contributed by atoms with Gasteiger partial charge in [0.1, 0.15) is 5.82 Å². The second-order valence-corrected chi connectivity index (χ2v) is 4.63. The lowest BCUT2D eigenvalue weighted by Crippen LogP contribution is -2.32. The predicted molar refractivity (Wildman–Crippen MR) is 78.1 cm³/mol. The molecule has 0 N–H and O–H groups in total. The van der Waals surface area contributed by atoms with Crippen LogP contribution in [0.25, 0.3) is 0 Å². The summed E-state index contributed by atoms with van der Waals surface area (Å²) in [6.45, 7) is 3.18. The van der Waals surface area contributed by atoms with Crippen LogP contribution >= 0.6 is 0 Å². The van der Waals surface area contributed by atoms with Crippen LogP contribution in [0.3, 0.4) is 0 Å². The number of amides is 1. The zero-order valence-corrected chi connectivity index (χ0v) is 11.6. The van der Waals surface area contributed by atoms with Crippen LogP contribution in [0.2, 0.25) is 0 Å². The van der Waals surface area contributed by atoms with Crippen LogP contribution in [-0.4, -0.2) is 23.9 Å². The number of carbonyl (C=O) groups excluding carboxylic acids is 1. The third kappa shape index (κ3) is 3.67. The summed E-state index contributed by atoms with van der Waals surface area (Å²) in [5.41, 5.74) is 1.60. The Hall–Kier alpha value is -2.16. The summed E-state index contributed by atoms with van der Waals surface area (Å²) >= 11 is 0. The number of likely N-dealkylation sites (N-methyl/N-ethyl adjacent to an activating group) is 1. The molecule has 20 heavy (non-hydrogen) atoms. The molecule has 0 spiro atoms. The number of hydrogen-bond acceptors (Lipinski definition) is 1. The highest BCUT2D eigenvalue weighted by atomic mass is 19.1. The van der Waals surface area contributed by atoms with Crippen LogP contribution in [0.4, 0.5) is 4.39 Å². The molecule has 0 saturated heterocycles. The highest BCUT2D eigenvalue weighted by Crippen LogP contribution is 2.09. The van der Waals surface area contributed by atoms with Crippen LogP contribution in [0.5, 0.6) is 0 Å². The van der Waals surface area contributed by atoms with Gasteiger partial charge in [-0.2, -0.15) is 0 Å². The van der Waals surface area contributed by atoms with E-state index in [1.165, 1.54) is 17.7 Å². The monoisotopic (exact) mass is 271 g/mol. The second-order valence-electron chi connectivity index (χ2n) is 4.63. The van der Waals surface area contributed by atoms with Crippen molar-refractivity contribution in [1.29, 1.82) is 0 Å². The minimum atomic E-state index is -0.380. The van der Waals surface area contributed by atoms with E-state index in [1.54, 1.807) is 17.0 Å². The zero-order valence-electron chi connectivity index (χ0n) is 11.6. The topological polar surface area (TPSA) is 20.3 Å². The molecule has 0 saturated carbocycles. The summed E-state index contributed by atoms with van der Waals surface area (Å²) in [6, 6.07) is 15.9. The fourth-order valence-corrected chi connectivity index (χ4v) is 2.12. The lowest BCUT2D eigenvalue weighted by molar-refractivity contribution is 0.0765. The van der Waals surface area contributed by atoms with Gasteiger partial charge in [0.2, 0.25) is 0 Å². The van der Waals surface area contributed by atoms with Gasteiger partial charge in [0.15, 0.2) is 0 Å². The van der Waals surface area contributed by atoms with Gasteiger partial charge >= 0.3 is 0 Å². The predicted octanol–water partition coefficient (Wildman–Crippen LogP) is 3.53. The Kier molecular flexibility index (Phi) is 4.88. The minimum Gasteiger partial charge on any atom is -0.339 e. The van der Waals surface area contributed by atoms with E-state index in [4.69, 9.17) is 0 Å². The Labute approximate surface area is 118 Å². The molecule has 3 heteroatoms. The van der Waals surface area contributed by atoms with Gasteiger partial charge in [0.25, 0.3) is 5.91 Å². The fraction of sp³-hybridized carbons (Fsp3) is 0.235. The van der Waals surface area contributed by atoms with Gasteiger partial charge in [-0.3, -0.25) is 4.79 Å². The van der Waals surface area contributed by atoms with E-state index in [9.17, 15) is 9.18 Å². The molecular formula is C17H18FNO. The molecular weight excluding hydrogens is 253 g/mol. The molecule has 2 aromatic carbocycles. The number of nitrogens with zero attached hydrogens (tertiary/aromatic N) is 1. The molecule has 0 unspecified atom stereocenters. The fourth-order valence-electron chi connectivity index (χ4n) is 2.12. The van der Waals surface area contributed by atoms with E-state index in [-0.39, 0.29) is 11.7 Å². The summed E-state index contributed by atoms with van der Waals surface area (Å²) < 4.78 is 13.2. The lowest BCUT2D eigenvalue weighted by atomic mass is 10.1. The molecule has 2 rings (SSSR count). The van der Waals surface area contributed by atoms with Crippen molar-refractivity contribution in [1.82, 2.24) is 4.90 Å². The Bertz CT molecular complexity index is 568. The van der Waals surface area contributed by atoms with Gasteiger partial charge in [0.05, 0.1) is 0 Å². The molecule has 0 bridgehead atoms. The summed E-state index contributed by atoms with van der Waals surface area (Å²) in [5.74, 6) is -0.502. The normalized spacial score (nSPS) is 10.3. The largest absolute Gasteiger partial charge is 0.339 e. The first-order valence-corrected chi connectivity index (χ1v) is 6.79. The maximum absolute atomic E-state index is 13.2. The van der Waals surface area contributed by atoms with Gasteiger partial charge in [-0.1, -0.05) is 36.4 Å². The third-order valence-corrected chi connectivity index (χ3v) is 3.25. The van der Waals surface area contributed by atoms with E-state index in [1.807, 2.05) is 37.3 Å². The minimum absolute atomic E-state index is 0.122. The Morgan fingerprint density at radius 1 is 1.10 bits per heavy atom. The molecule has 0 aliphatic carbocycles.